The minimum Gasteiger partial charge on any atom is -0.381 e. The zero-order valence-electron chi connectivity index (χ0n) is 11.6. The monoisotopic (exact) mass is 293 g/mol. The summed E-state index contributed by atoms with van der Waals surface area (Å²) < 4.78 is 0. The third kappa shape index (κ3) is 3.85. The Morgan fingerprint density at radius 2 is 1.89 bits per heavy atom. The quantitative estimate of drug-likeness (QED) is 0.836. The number of nitrogens with one attached hydrogen (secondary N) is 1. The van der Waals surface area contributed by atoms with Crippen molar-refractivity contribution >= 4 is 29.2 Å². The topological polar surface area (TPSA) is 12.0 Å². The first-order chi connectivity index (χ1) is 9.29. The van der Waals surface area contributed by atoms with Crippen molar-refractivity contribution in [2.45, 2.75) is 60.5 Å². The SMILES string of the molecule is CC1CC(Nc2ccc(SC3CCCC3)cc2)CS1. The van der Waals surface area contributed by atoms with Crippen LogP contribution in [0.5, 0.6) is 0 Å². The summed E-state index contributed by atoms with van der Waals surface area (Å²) in [6, 6.07) is 9.75. The van der Waals surface area contributed by atoms with E-state index >= 15 is 0 Å². The van der Waals surface area contributed by atoms with E-state index in [1.165, 1.54) is 48.4 Å². The summed E-state index contributed by atoms with van der Waals surface area (Å²) in [6.07, 6.45) is 6.95. The van der Waals surface area contributed by atoms with Gasteiger partial charge in [-0.1, -0.05) is 19.8 Å². The van der Waals surface area contributed by atoms with E-state index in [2.05, 4.69) is 60.0 Å². The van der Waals surface area contributed by atoms with Gasteiger partial charge >= 0.3 is 0 Å². The smallest absolute Gasteiger partial charge is 0.0362 e. The van der Waals surface area contributed by atoms with Gasteiger partial charge in [0.2, 0.25) is 0 Å². The number of hydrogen-bond acceptors (Lipinski definition) is 3. The van der Waals surface area contributed by atoms with Gasteiger partial charge in [0.25, 0.3) is 0 Å². The van der Waals surface area contributed by atoms with E-state index in [4.69, 9.17) is 0 Å². The molecule has 2 atom stereocenters. The van der Waals surface area contributed by atoms with Gasteiger partial charge < -0.3 is 5.32 Å². The zero-order valence-corrected chi connectivity index (χ0v) is 13.2. The largest absolute Gasteiger partial charge is 0.381 e. The predicted molar refractivity (Wildman–Crippen MR) is 88.5 cm³/mol. The van der Waals surface area contributed by atoms with Gasteiger partial charge in [-0.2, -0.15) is 11.8 Å². The van der Waals surface area contributed by atoms with Gasteiger partial charge in [0, 0.05) is 32.9 Å². The molecule has 1 nitrogen and oxygen atoms in total. The standard InChI is InChI=1S/C16H23NS2/c1-12-10-14(11-18-12)17-13-6-8-16(9-7-13)19-15-4-2-3-5-15/h6-9,12,14-15,17H,2-5,10-11H2,1H3. The van der Waals surface area contributed by atoms with Gasteiger partial charge in [-0.05, 0) is 43.5 Å². The Bertz CT molecular complexity index is 398. The molecular formula is C16H23NS2. The molecule has 2 fully saturated rings. The Hall–Kier alpha value is -0.280. The van der Waals surface area contributed by atoms with Crippen molar-refractivity contribution < 1.29 is 0 Å². The highest BCUT2D eigenvalue weighted by Crippen LogP contribution is 2.35. The maximum Gasteiger partial charge on any atom is 0.0362 e. The molecule has 2 aliphatic rings. The molecule has 0 amide bonds. The van der Waals surface area contributed by atoms with E-state index in [1.54, 1.807) is 0 Å². The van der Waals surface area contributed by atoms with Crippen molar-refractivity contribution in [2.24, 2.45) is 0 Å². The summed E-state index contributed by atoms with van der Waals surface area (Å²) >= 11 is 4.15. The average Bonchev–Trinajstić information content (AvgIpc) is 3.04. The van der Waals surface area contributed by atoms with Crippen molar-refractivity contribution in [3.8, 4) is 0 Å². The summed E-state index contributed by atoms with van der Waals surface area (Å²) in [5.74, 6) is 1.25. The van der Waals surface area contributed by atoms with E-state index in [9.17, 15) is 0 Å². The Morgan fingerprint density at radius 3 is 2.53 bits per heavy atom. The highest BCUT2D eigenvalue weighted by atomic mass is 32.2. The summed E-state index contributed by atoms with van der Waals surface area (Å²) in [7, 11) is 0. The Morgan fingerprint density at radius 1 is 1.16 bits per heavy atom. The maximum atomic E-state index is 3.66. The molecule has 0 radical (unpaired) electrons. The van der Waals surface area contributed by atoms with Crippen molar-refractivity contribution in [3.05, 3.63) is 24.3 Å². The summed E-state index contributed by atoms with van der Waals surface area (Å²) in [6.45, 7) is 2.33. The highest BCUT2D eigenvalue weighted by molar-refractivity contribution is 8.00. The lowest BCUT2D eigenvalue weighted by molar-refractivity contribution is 0.747. The molecule has 1 aliphatic carbocycles. The molecule has 0 bridgehead atoms. The van der Waals surface area contributed by atoms with Gasteiger partial charge in [0.1, 0.15) is 0 Å². The van der Waals surface area contributed by atoms with Crippen LogP contribution in [0.3, 0.4) is 0 Å². The van der Waals surface area contributed by atoms with Gasteiger partial charge in [-0.25, -0.2) is 0 Å². The lowest BCUT2D eigenvalue weighted by atomic mass is 10.2. The van der Waals surface area contributed by atoms with E-state index < -0.39 is 0 Å². The highest BCUT2D eigenvalue weighted by Gasteiger charge is 2.21. The van der Waals surface area contributed by atoms with Crippen LogP contribution >= 0.6 is 23.5 Å². The van der Waals surface area contributed by atoms with Crippen LogP contribution in [0, 0.1) is 0 Å². The number of hydrogen-bond donors (Lipinski definition) is 1. The van der Waals surface area contributed by atoms with Crippen molar-refractivity contribution in [2.75, 3.05) is 11.1 Å². The summed E-state index contributed by atoms with van der Waals surface area (Å²) in [4.78, 5) is 1.44. The molecule has 1 saturated heterocycles. The summed E-state index contributed by atoms with van der Waals surface area (Å²) in [5, 5.41) is 5.34. The minimum absolute atomic E-state index is 0.660. The van der Waals surface area contributed by atoms with Crippen LogP contribution in [0.2, 0.25) is 0 Å². The van der Waals surface area contributed by atoms with Crippen molar-refractivity contribution in [3.63, 3.8) is 0 Å². The van der Waals surface area contributed by atoms with E-state index in [0.29, 0.717) is 6.04 Å². The molecule has 3 rings (SSSR count). The number of rotatable bonds is 4. The van der Waals surface area contributed by atoms with Crippen LogP contribution in [0.25, 0.3) is 0 Å². The average molecular weight is 294 g/mol. The minimum atomic E-state index is 0.660. The Balaban J connectivity index is 1.53. The van der Waals surface area contributed by atoms with E-state index in [0.717, 1.165) is 10.5 Å². The summed E-state index contributed by atoms with van der Waals surface area (Å²) in [5.41, 5.74) is 1.29. The van der Waals surface area contributed by atoms with Crippen LogP contribution in [0.4, 0.5) is 5.69 Å². The molecule has 1 N–H and O–H groups in total. The molecule has 1 heterocycles. The van der Waals surface area contributed by atoms with Gasteiger partial charge in [-0.15, -0.1) is 11.8 Å². The lowest BCUT2D eigenvalue weighted by Crippen LogP contribution is -2.18. The number of benzene rings is 1. The maximum absolute atomic E-state index is 3.66. The van der Waals surface area contributed by atoms with Crippen molar-refractivity contribution in [1.82, 2.24) is 0 Å². The molecule has 1 saturated carbocycles. The van der Waals surface area contributed by atoms with Crippen LogP contribution in [-0.2, 0) is 0 Å². The molecule has 3 heteroatoms. The zero-order chi connectivity index (χ0) is 13.1. The van der Waals surface area contributed by atoms with Crippen LogP contribution in [0.15, 0.2) is 29.2 Å². The fraction of sp³-hybridized carbons (Fsp3) is 0.625. The Kier molecular flexibility index (Phi) is 4.65. The fourth-order valence-electron chi connectivity index (χ4n) is 2.98. The molecular weight excluding hydrogens is 270 g/mol. The van der Waals surface area contributed by atoms with Gasteiger partial charge in [-0.3, -0.25) is 0 Å². The third-order valence-corrected chi connectivity index (χ3v) is 6.73. The second-order valence-electron chi connectivity index (χ2n) is 5.77. The molecule has 1 aromatic carbocycles. The number of thioether (sulfide) groups is 2. The molecule has 104 valence electrons. The van der Waals surface area contributed by atoms with Gasteiger partial charge in [0.05, 0.1) is 0 Å². The molecule has 19 heavy (non-hydrogen) atoms. The first-order valence-electron chi connectivity index (χ1n) is 7.44. The predicted octanol–water partition coefficient (Wildman–Crippen LogP) is 5.03. The third-order valence-electron chi connectivity index (χ3n) is 4.03. The second-order valence-corrected chi connectivity index (χ2v) is 8.61. The number of anilines is 1. The lowest BCUT2D eigenvalue weighted by Gasteiger charge is -2.14. The van der Waals surface area contributed by atoms with Crippen LogP contribution < -0.4 is 5.32 Å². The first kappa shape index (κ1) is 13.7. The molecule has 0 aromatic heterocycles. The van der Waals surface area contributed by atoms with Crippen LogP contribution in [-0.4, -0.2) is 22.3 Å². The fourth-order valence-corrected chi connectivity index (χ4v) is 5.38. The molecule has 1 aromatic rings. The molecule has 1 aliphatic heterocycles. The van der Waals surface area contributed by atoms with Crippen molar-refractivity contribution in [1.29, 1.82) is 0 Å². The van der Waals surface area contributed by atoms with Crippen LogP contribution in [0.1, 0.15) is 39.0 Å². The normalized spacial score (nSPS) is 27.8. The van der Waals surface area contributed by atoms with E-state index in [-0.39, 0.29) is 0 Å². The first-order valence-corrected chi connectivity index (χ1v) is 9.37. The molecule has 0 spiro atoms. The van der Waals surface area contributed by atoms with E-state index in [1.807, 2.05) is 0 Å². The molecule has 2 unspecified atom stereocenters. The second kappa shape index (κ2) is 6.45. The van der Waals surface area contributed by atoms with Gasteiger partial charge in [0.15, 0.2) is 0 Å². The Labute approximate surface area is 125 Å².